The van der Waals surface area contributed by atoms with Gasteiger partial charge in [0, 0.05) is 31.6 Å². The number of fused-ring (bicyclic) bond motifs is 1. The molecule has 2 heterocycles. The van der Waals surface area contributed by atoms with Crippen LogP contribution in [0, 0.1) is 0 Å². The van der Waals surface area contributed by atoms with Crippen LogP contribution in [0.5, 0.6) is 0 Å². The second kappa shape index (κ2) is 8.46. The first-order valence-electron chi connectivity index (χ1n) is 9.83. The van der Waals surface area contributed by atoms with E-state index in [4.69, 9.17) is 0 Å². The number of hydrogen-bond donors (Lipinski definition) is 3. The van der Waals surface area contributed by atoms with Gasteiger partial charge in [-0.3, -0.25) is 29.9 Å². The Labute approximate surface area is 173 Å². The minimum atomic E-state index is -0.568. The van der Waals surface area contributed by atoms with Crippen molar-refractivity contribution in [2.75, 3.05) is 0 Å². The Kier molecular flexibility index (Phi) is 5.58. The molecular weight excluding hydrogens is 384 g/mol. The smallest absolute Gasteiger partial charge is 0.321 e. The fourth-order valence-electron chi connectivity index (χ4n) is 3.90. The molecule has 1 atom stereocenters. The number of urea groups is 1. The summed E-state index contributed by atoms with van der Waals surface area (Å²) in [6.07, 6.45) is 0.764. The SMILES string of the molecule is O=C1CCC(N2Cc3cccc(C(=O)NC(=O)NCc4ccccc4)c3C2)C(=O)N1. The van der Waals surface area contributed by atoms with E-state index in [1.165, 1.54) is 0 Å². The van der Waals surface area contributed by atoms with E-state index in [9.17, 15) is 19.2 Å². The molecule has 0 aromatic heterocycles. The normalized spacial score (nSPS) is 18.5. The Hall–Kier alpha value is -3.52. The number of benzene rings is 2. The summed E-state index contributed by atoms with van der Waals surface area (Å²) in [6, 6.07) is 13.8. The van der Waals surface area contributed by atoms with E-state index in [2.05, 4.69) is 16.0 Å². The van der Waals surface area contributed by atoms with Crippen LogP contribution in [0.4, 0.5) is 4.79 Å². The number of carbonyl (C=O) groups excluding carboxylic acids is 4. The molecule has 2 aromatic carbocycles. The van der Waals surface area contributed by atoms with Crippen molar-refractivity contribution in [3.63, 3.8) is 0 Å². The van der Waals surface area contributed by atoms with Crippen LogP contribution < -0.4 is 16.0 Å². The van der Waals surface area contributed by atoms with Crippen molar-refractivity contribution in [2.45, 2.75) is 38.5 Å². The van der Waals surface area contributed by atoms with Crippen LogP contribution in [0.3, 0.4) is 0 Å². The molecule has 1 unspecified atom stereocenters. The number of carbonyl (C=O) groups is 4. The molecule has 0 saturated carbocycles. The Morgan fingerprint density at radius 1 is 1.03 bits per heavy atom. The van der Waals surface area contributed by atoms with Crippen molar-refractivity contribution in [2.24, 2.45) is 0 Å². The lowest BCUT2D eigenvalue weighted by molar-refractivity contribution is -0.137. The second-order valence-corrected chi connectivity index (χ2v) is 7.44. The first-order chi connectivity index (χ1) is 14.5. The molecule has 2 aromatic rings. The molecule has 30 heavy (non-hydrogen) atoms. The van der Waals surface area contributed by atoms with E-state index in [0.717, 1.165) is 16.7 Å². The highest BCUT2D eigenvalue weighted by molar-refractivity contribution is 6.05. The third kappa shape index (κ3) is 4.23. The molecule has 3 N–H and O–H groups in total. The molecule has 0 radical (unpaired) electrons. The Balaban J connectivity index is 1.40. The maximum Gasteiger partial charge on any atom is 0.321 e. The lowest BCUT2D eigenvalue weighted by atomic mass is 10.0. The van der Waals surface area contributed by atoms with Crippen molar-refractivity contribution in [3.05, 3.63) is 70.8 Å². The summed E-state index contributed by atoms with van der Waals surface area (Å²) < 4.78 is 0. The van der Waals surface area contributed by atoms with Gasteiger partial charge >= 0.3 is 6.03 Å². The first kappa shape index (κ1) is 19.8. The minimum absolute atomic E-state index is 0.255. The lowest BCUT2D eigenvalue weighted by Crippen LogP contribution is -2.50. The van der Waals surface area contributed by atoms with E-state index in [1.54, 1.807) is 12.1 Å². The molecule has 2 aliphatic rings. The summed E-state index contributed by atoms with van der Waals surface area (Å²) in [4.78, 5) is 50.4. The van der Waals surface area contributed by atoms with Crippen molar-refractivity contribution >= 4 is 23.8 Å². The van der Waals surface area contributed by atoms with Crippen LogP contribution in [0.2, 0.25) is 0 Å². The number of piperidine rings is 1. The highest BCUT2D eigenvalue weighted by atomic mass is 16.2. The van der Waals surface area contributed by atoms with Gasteiger partial charge in [0.1, 0.15) is 0 Å². The molecule has 0 bridgehead atoms. The number of rotatable bonds is 4. The molecule has 0 spiro atoms. The summed E-state index contributed by atoms with van der Waals surface area (Å²) in [5.74, 6) is -1.04. The van der Waals surface area contributed by atoms with Gasteiger partial charge in [-0.15, -0.1) is 0 Å². The van der Waals surface area contributed by atoms with Gasteiger partial charge in [-0.05, 0) is 29.2 Å². The van der Waals surface area contributed by atoms with Crippen LogP contribution in [-0.4, -0.2) is 34.7 Å². The molecule has 8 heteroatoms. The highest BCUT2D eigenvalue weighted by Gasteiger charge is 2.36. The van der Waals surface area contributed by atoms with Crippen LogP contribution in [-0.2, 0) is 29.2 Å². The standard InChI is InChI=1S/C22H22N4O4/c27-19-10-9-18(21(29)24-19)26-12-15-7-4-8-16(17(15)13-26)20(28)25-22(30)23-11-14-5-2-1-3-6-14/h1-8,18H,9-13H2,(H,24,27,29)(H2,23,25,28,30). The molecule has 1 saturated heterocycles. The fourth-order valence-corrected chi connectivity index (χ4v) is 3.90. The van der Waals surface area contributed by atoms with E-state index in [-0.39, 0.29) is 11.8 Å². The lowest BCUT2D eigenvalue weighted by Gasteiger charge is -2.29. The van der Waals surface area contributed by atoms with Gasteiger partial charge in [0.15, 0.2) is 0 Å². The zero-order valence-electron chi connectivity index (χ0n) is 16.3. The number of imide groups is 2. The summed E-state index contributed by atoms with van der Waals surface area (Å²) >= 11 is 0. The second-order valence-electron chi connectivity index (χ2n) is 7.44. The third-order valence-electron chi connectivity index (χ3n) is 5.43. The molecule has 2 aliphatic heterocycles. The van der Waals surface area contributed by atoms with E-state index in [0.29, 0.717) is 38.0 Å². The monoisotopic (exact) mass is 406 g/mol. The summed E-state index contributed by atoms with van der Waals surface area (Å²) in [5, 5.41) is 7.42. The number of nitrogens with one attached hydrogen (secondary N) is 3. The van der Waals surface area contributed by atoms with Gasteiger partial charge < -0.3 is 5.32 Å². The highest BCUT2D eigenvalue weighted by Crippen LogP contribution is 2.29. The van der Waals surface area contributed by atoms with Gasteiger partial charge in [0.05, 0.1) is 6.04 Å². The predicted molar refractivity (Wildman–Crippen MR) is 108 cm³/mol. The Bertz CT molecular complexity index is 1010. The molecule has 154 valence electrons. The van der Waals surface area contributed by atoms with E-state index >= 15 is 0 Å². The summed E-state index contributed by atoms with van der Waals surface area (Å²) in [6.45, 7) is 1.25. The zero-order chi connectivity index (χ0) is 21.1. The average Bonchev–Trinajstić information content (AvgIpc) is 3.17. The molecule has 8 nitrogen and oxygen atoms in total. The largest absolute Gasteiger partial charge is 0.334 e. The third-order valence-corrected chi connectivity index (χ3v) is 5.43. The summed E-state index contributed by atoms with van der Waals surface area (Å²) in [7, 11) is 0. The number of hydrogen-bond acceptors (Lipinski definition) is 5. The number of nitrogens with zero attached hydrogens (tertiary/aromatic N) is 1. The zero-order valence-corrected chi connectivity index (χ0v) is 16.3. The van der Waals surface area contributed by atoms with Crippen LogP contribution >= 0.6 is 0 Å². The van der Waals surface area contributed by atoms with Crippen molar-refractivity contribution in [1.29, 1.82) is 0 Å². The van der Waals surface area contributed by atoms with E-state index in [1.807, 2.05) is 41.3 Å². The van der Waals surface area contributed by atoms with Crippen molar-refractivity contribution < 1.29 is 19.2 Å². The van der Waals surface area contributed by atoms with Crippen molar-refractivity contribution in [3.8, 4) is 0 Å². The van der Waals surface area contributed by atoms with Gasteiger partial charge in [-0.2, -0.15) is 0 Å². The molecular formula is C22H22N4O4. The fraction of sp³-hybridized carbons (Fsp3) is 0.273. The number of amides is 5. The van der Waals surface area contributed by atoms with Gasteiger partial charge in [-0.25, -0.2) is 4.79 Å². The summed E-state index contributed by atoms with van der Waals surface area (Å²) in [5.41, 5.74) is 3.09. The molecule has 5 amide bonds. The Morgan fingerprint density at radius 2 is 1.83 bits per heavy atom. The maximum atomic E-state index is 12.7. The van der Waals surface area contributed by atoms with Crippen LogP contribution in [0.25, 0.3) is 0 Å². The maximum absolute atomic E-state index is 12.7. The molecule has 4 rings (SSSR count). The first-order valence-corrected chi connectivity index (χ1v) is 9.83. The van der Waals surface area contributed by atoms with Gasteiger partial charge in [0.25, 0.3) is 5.91 Å². The van der Waals surface area contributed by atoms with Crippen molar-refractivity contribution in [1.82, 2.24) is 20.9 Å². The quantitative estimate of drug-likeness (QED) is 0.666. The Morgan fingerprint density at radius 3 is 2.60 bits per heavy atom. The molecule has 1 fully saturated rings. The minimum Gasteiger partial charge on any atom is -0.334 e. The molecule has 0 aliphatic carbocycles. The van der Waals surface area contributed by atoms with E-state index < -0.39 is 18.0 Å². The predicted octanol–water partition coefficient (Wildman–Crippen LogP) is 1.45. The van der Waals surface area contributed by atoms with Gasteiger partial charge in [0.2, 0.25) is 11.8 Å². The average molecular weight is 406 g/mol. The topological polar surface area (TPSA) is 108 Å². The van der Waals surface area contributed by atoms with Gasteiger partial charge in [-0.1, -0.05) is 42.5 Å². The van der Waals surface area contributed by atoms with Crippen LogP contribution in [0.1, 0.15) is 39.9 Å². The van der Waals surface area contributed by atoms with Crippen LogP contribution in [0.15, 0.2) is 48.5 Å².